The highest BCUT2D eigenvalue weighted by atomic mass is 32.2. The Morgan fingerprint density at radius 3 is 2.74 bits per heavy atom. The summed E-state index contributed by atoms with van der Waals surface area (Å²) in [4.78, 5) is 0. The molecule has 1 aliphatic rings. The Bertz CT molecular complexity index is 504. The van der Waals surface area contributed by atoms with Crippen LogP contribution in [0.25, 0.3) is 0 Å². The molecule has 5 nitrogen and oxygen atoms in total. The molecule has 6 heteroatoms. The minimum absolute atomic E-state index is 0.153. The van der Waals surface area contributed by atoms with Crippen LogP contribution in [0.2, 0.25) is 0 Å². The summed E-state index contributed by atoms with van der Waals surface area (Å²) in [5, 5.41) is 10.8. The second kappa shape index (κ2) is 5.96. The van der Waals surface area contributed by atoms with Gasteiger partial charge in [-0.25, -0.2) is 8.42 Å². The molecule has 1 aromatic rings. The lowest BCUT2D eigenvalue weighted by Gasteiger charge is -2.33. The number of nitrogens with one attached hydrogen (secondary N) is 1. The van der Waals surface area contributed by atoms with Crippen LogP contribution in [0.5, 0.6) is 0 Å². The fourth-order valence-electron chi connectivity index (χ4n) is 3.03. The van der Waals surface area contributed by atoms with Crippen LogP contribution in [-0.4, -0.2) is 37.2 Å². The van der Waals surface area contributed by atoms with Gasteiger partial charge in [0.2, 0.25) is 0 Å². The zero-order valence-electron chi connectivity index (χ0n) is 11.4. The van der Waals surface area contributed by atoms with Gasteiger partial charge >= 0.3 is 0 Å². The van der Waals surface area contributed by atoms with E-state index in [0.29, 0.717) is 5.92 Å². The van der Waals surface area contributed by atoms with Gasteiger partial charge in [0.15, 0.2) is 0 Å². The smallest absolute Gasteiger partial charge is 0.150 e. The van der Waals surface area contributed by atoms with Crippen LogP contribution in [0.1, 0.15) is 37.3 Å². The maximum atomic E-state index is 11.7. The molecule has 19 heavy (non-hydrogen) atoms. The largest absolute Gasteiger partial charge is 0.313 e. The van der Waals surface area contributed by atoms with Gasteiger partial charge in [0, 0.05) is 18.5 Å². The van der Waals surface area contributed by atoms with Crippen molar-refractivity contribution in [1.82, 2.24) is 15.5 Å². The van der Waals surface area contributed by atoms with Gasteiger partial charge in [-0.2, -0.15) is 10.2 Å². The summed E-state index contributed by atoms with van der Waals surface area (Å²) in [5.74, 6) is 0.336. The molecule has 0 aliphatic heterocycles. The van der Waals surface area contributed by atoms with Crippen molar-refractivity contribution in [3.8, 4) is 0 Å². The monoisotopic (exact) mass is 283 g/mol. The molecule has 2 rings (SSSR count). The van der Waals surface area contributed by atoms with Crippen LogP contribution in [0.15, 0.2) is 18.5 Å². The Morgan fingerprint density at radius 2 is 2.16 bits per heavy atom. The first-order valence-corrected chi connectivity index (χ1v) is 8.60. The lowest BCUT2D eigenvalue weighted by molar-refractivity contribution is 0.282. The van der Waals surface area contributed by atoms with E-state index in [1.54, 1.807) is 12.4 Å². The predicted octanol–water partition coefficient (Wildman–Crippen LogP) is 1.34. The normalized spacial score (nSPS) is 26.0. The third-order valence-electron chi connectivity index (χ3n) is 4.02. The fourth-order valence-corrected chi connectivity index (χ4v) is 4.22. The average molecular weight is 283 g/mol. The molecule has 1 fully saturated rings. The molecule has 0 spiro atoms. The molecule has 106 valence electrons. The van der Waals surface area contributed by atoms with Crippen LogP contribution >= 0.6 is 0 Å². The predicted molar refractivity (Wildman–Crippen MR) is 74.4 cm³/mol. The lowest BCUT2D eigenvalue weighted by Crippen LogP contribution is -2.34. The minimum atomic E-state index is -2.94. The van der Waals surface area contributed by atoms with Gasteiger partial charge in [-0.3, -0.25) is 0 Å². The number of sulfone groups is 1. The summed E-state index contributed by atoms with van der Waals surface area (Å²) < 4.78 is 23.5. The van der Waals surface area contributed by atoms with Crippen molar-refractivity contribution in [2.24, 2.45) is 5.92 Å². The summed E-state index contributed by atoms with van der Waals surface area (Å²) in [6.45, 7) is 0. The Hall–Kier alpha value is -1.01. The van der Waals surface area contributed by atoms with E-state index < -0.39 is 9.84 Å². The molecular weight excluding hydrogens is 262 g/mol. The minimum Gasteiger partial charge on any atom is -0.313 e. The summed E-state index contributed by atoms with van der Waals surface area (Å²) in [5.41, 5.74) is 1.08. The van der Waals surface area contributed by atoms with E-state index in [4.69, 9.17) is 0 Å². The molecule has 1 aromatic heterocycles. The number of hydrogen-bond acceptors (Lipinski definition) is 5. The molecule has 1 aliphatic carbocycles. The Balaban J connectivity index is 2.15. The van der Waals surface area contributed by atoms with Crippen molar-refractivity contribution < 1.29 is 8.42 Å². The number of aromatic nitrogens is 2. The van der Waals surface area contributed by atoms with Crippen LogP contribution in [0.3, 0.4) is 0 Å². The van der Waals surface area contributed by atoms with Crippen molar-refractivity contribution in [2.45, 2.75) is 37.0 Å². The molecule has 0 bridgehead atoms. The molecule has 0 radical (unpaired) electrons. The molecule has 0 amide bonds. The van der Waals surface area contributed by atoms with Gasteiger partial charge in [-0.05, 0) is 43.9 Å². The van der Waals surface area contributed by atoms with Crippen molar-refractivity contribution >= 4 is 9.84 Å². The third-order valence-corrected chi connectivity index (χ3v) is 5.66. The van der Waals surface area contributed by atoms with Gasteiger partial charge in [0.05, 0.1) is 11.4 Å². The van der Waals surface area contributed by atoms with Crippen LogP contribution in [-0.2, 0) is 9.84 Å². The molecule has 1 saturated carbocycles. The molecule has 0 saturated heterocycles. The highest BCUT2D eigenvalue weighted by Gasteiger charge is 2.33. The van der Waals surface area contributed by atoms with Crippen molar-refractivity contribution in [3.63, 3.8) is 0 Å². The van der Waals surface area contributed by atoms with E-state index >= 15 is 0 Å². The van der Waals surface area contributed by atoms with Gasteiger partial charge in [-0.1, -0.05) is 6.42 Å². The topological polar surface area (TPSA) is 72.0 Å². The van der Waals surface area contributed by atoms with E-state index in [-0.39, 0.29) is 11.3 Å². The van der Waals surface area contributed by atoms with Crippen molar-refractivity contribution in [1.29, 1.82) is 0 Å². The van der Waals surface area contributed by atoms with Crippen LogP contribution < -0.4 is 5.32 Å². The number of hydrogen-bond donors (Lipinski definition) is 1. The van der Waals surface area contributed by atoms with Crippen LogP contribution in [0, 0.1) is 5.92 Å². The van der Waals surface area contributed by atoms with Crippen molar-refractivity contribution in [2.75, 3.05) is 13.3 Å². The maximum absolute atomic E-state index is 11.7. The fraction of sp³-hybridized carbons (Fsp3) is 0.692. The standard InChI is InChI=1S/C13H21N3O2S/c1-14-13(11-6-7-15-16-9-11)10-4-3-5-12(8-10)19(2,17)18/h6-7,9-10,12-14H,3-5,8H2,1-2H3. The molecule has 3 unspecified atom stereocenters. The highest BCUT2D eigenvalue weighted by molar-refractivity contribution is 7.91. The lowest BCUT2D eigenvalue weighted by atomic mass is 9.81. The van der Waals surface area contributed by atoms with Gasteiger partial charge in [0.25, 0.3) is 0 Å². The first-order valence-electron chi connectivity index (χ1n) is 6.65. The third kappa shape index (κ3) is 3.51. The van der Waals surface area contributed by atoms with E-state index in [1.807, 2.05) is 13.1 Å². The summed E-state index contributed by atoms with van der Waals surface area (Å²) in [7, 11) is -1.03. The first kappa shape index (κ1) is 14.4. The molecular formula is C13H21N3O2S. The Morgan fingerprint density at radius 1 is 1.37 bits per heavy atom. The maximum Gasteiger partial charge on any atom is 0.150 e. The van der Waals surface area contributed by atoms with Crippen LogP contribution in [0.4, 0.5) is 0 Å². The van der Waals surface area contributed by atoms with E-state index in [2.05, 4.69) is 15.5 Å². The SMILES string of the molecule is CNC(c1ccnnc1)C1CCCC(S(C)(=O)=O)C1. The van der Waals surface area contributed by atoms with Gasteiger partial charge in [0.1, 0.15) is 9.84 Å². The second-order valence-electron chi connectivity index (χ2n) is 5.32. The van der Waals surface area contributed by atoms with E-state index in [1.165, 1.54) is 6.26 Å². The Kier molecular flexibility index (Phi) is 4.52. The molecule has 3 atom stereocenters. The highest BCUT2D eigenvalue weighted by Crippen LogP contribution is 2.36. The van der Waals surface area contributed by atoms with E-state index in [9.17, 15) is 8.42 Å². The van der Waals surface area contributed by atoms with Gasteiger partial charge in [-0.15, -0.1) is 0 Å². The molecule has 1 heterocycles. The quantitative estimate of drug-likeness (QED) is 0.903. The second-order valence-corrected chi connectivity index (χ2v) is 7.65. The zero-order chi connectivity index (χ0) is 13.9. The first-order chi connectivity index (χ1) is 9.02. The Labute approximate surface area is 114 Å². The van der Waals surface area contributed by atoms with Gasteiger partial charge < -0.3 is 5.32 Å². The summed E-state index contributed by atoms with van der Waals surface area (Å²) in [6.07, 6.45) is 8.33. The zero-order valence-corrected chi connectivity index (χ0v) is 12.2. The number of nitrogens with zero attached hydrogens (tertiary/aromatic N) is 2. The summed E-state index contributed by atoms with van der Waals surface area (Å²) >= 11 is 0. The average Bonchev–Trinajstić information content (AvgIpc) is 2.40. The number of rotatable bonds is 4. The molecule has 1 N–H and O–H groups in total. The van der Waals surface area contributed by atoms with Crippen molar-refractivity contribution in [3.05, 3.63) is 24.0 Å². The summed E-state index contributed by atoms with van der Waals surface area (Å²) in [6, 6.07) is 2.10. The molecule has 0 aromatic carbocycles. The van der Waals surface area contributed by atoms with E-state index in [0.717, 1.165) is 31.2 Å².